The van der Waals surface area contributed by atoms with Crippen LogP contribution in [0.15, 0.2) is 43.1 Å². The Morgan fingerprint density at radius 1 is 1.39 bits per heavy atom. The van der Waals surface area contributed by atoms with Crippen LogP contribution >= 0.6 is 0 Å². The molecule has 8 nitrogen and oxygen atoms in total. The van der Waals surface area contributed by atoms with Gasteiger partial charge in [-0.3, -0.25) is 4.90 Å². The van der Waals surface area contributed by atoms with Crippen LogP contribution in [0, 0.1) is 17.7 Å². The summed E-state index contributed by atoms with van der Waals surface area (Å²) < 4.78 is 44.8. The number of benzene rings is 1. The molecule has 1 fully saturated rings. The molecule has 1 aromatic heterocycles. The summed E-state index contributed by atoms with van der Waals surface area (Å²) in [5.41, 5.74) is 1.85. The van der Waals surface area contributed by atoms with Crippen LogP contribution in [0.2, 0.25) is 0 Å². The second-order valence-corrected chi connectivity index (χ2v) is 9.40. The first kappa shape index (κ1) is 20.8. The molecule has 10 heteroatoms. The predicted octanol–water partition coefficient (Wildman–Crippen LogP) is 2.18. The lowest BCUT2D eigenvalue weighted by atomic mass is 10.0. The fraction of sp³-hybridized carbons (Fsp3) is 0.286. The van der Waals surface area contributed by atoms with E-state index in [1.807, 2.05) is 0 Å². The molecule has 1 aromatic carbocycles. The van der Waals surface area contributed by atoms with Gasteiger partial charge in [-0.1, -0.05) is 23.8 Å². The molecule has 1 unspecified atom stereocenters. The van der Waals surface area contributed by atoms with Crippen LogP contribution < -0.4 is 4.90 Å². The van der Waals surface area contributed by atoms with E-state index in [4.69, 9.17) is 4.74 Å². The van der Waals surface area contributed by atoms with Crippen molar-refractivity contribution < 1.29 is 22.3 Å². The maximum atomic E-state index is 14.7. The van der Waals surface area contributed by atoms with E-state index < -0.39 is 27.9 Å². The topological polar surface area (TPSA) is 94.4 Å². The van der Waals surface area contributed by atoms with Crippen LogP contribution in [0.5, 0.6) is 0 Å². The Morgan fingerprint density at radius 3 is 2.94 bits per heavy atom. The molecule has 0 saturated carbocycles. The smallest absolute Gasteiger partial charge is 0.414 e. The molecule has 160 valence electrons. The van der Waals surface area contributed by atoms with Gasteiger partial charge < -0.3 is 4.74 Å². The zero-order valence-electron chi connectivity index (χ0n) is 16.5. The maximum absolute atomic E-state index is 14.7. The third kappa shape index (κ3) is 4.67. The molecule has 0 spiro atoms. The van der Waals surface area contributed by atoms with Crippen molar-refractivity contribution >= 4 is 27.2 Å². The van der Waals surface area contributed by atoms with Crippen molar-refractivity contribution in [3.05, 3.63) is 60.2 Å². The normalized spacial score (nSPS) is 19.9. The average molecular weight is 442 g/mol. The van der Waals surface area contributed by atoms with Crippen molar-refractivity contribution in [1.29, 1.82) is 0 Å². The summed E-state index contributed by atoms with van der Waals surface area (Å²) in [6.07, 6.45) is 3.84. The summed E-state index contributed by atoms with van der Waals surface area (Å²) >= 11 is 0. The van der Waals surface area contributed by atoms with Crippen molar-refractivity contribution in [2.45, 2.75) is 19.1 Å². The molecule has 2 aromatic rings. The van der Waals surface area contributed by atoms with Crippen LogP contribution in [0.25, 0.3) is 5.57 Å². The van der Waals surface area contributed by atoms with Crippen molar-refractivity contribution in [3.8, 4) is 11.8 Å². The highest BCUT2D eigenvalue weighted by Gasteiger charge is 2.33. The van der Waals surface area contributed by atoms with Gasteiger partial charge in [-0.05, 0) is 42.2 Å². The molecule has 0 bridgehead atoms. The standard InChI is InChI=1S/C21H19FN4O4S/c1-2-3-4-16-12-25(24-23-16)13-18-14-26(21(27)30-18)17-5-6-19(20(22)11-17)15-7-9-31(28,29)10-8-15/h2,5-7,11-12,18H,1,8-10,13-14H2. The third-order valence-corrected chi connectivity index (χ3v) is 6.48. The van der Waals surface area contributed by atoms with Gasteiger partial charge in [0.15, 0.2) is 15.5 Å². The van der Waals surface area contributed by atoms with Crippen LogP contribution in [0.4, 0.5) is 14.9 Å². The molecule has 4 rings (SSSR count). The summed E-state index contributed by atoms with van der Waals surface area (Å²) in [6, 6.07) is 4.46. The Kier molecular flexibility index (Phi) is 5.61. The Morgan fingerprint density at radius 2 is 2.23 bits per heavy atom. The maximum Gasteiger partial charge on any atom is 0.414 e. The Balaban J connectivity index is 1.46. The van der Waals surface area contributed by atoms with Crippen LogP contribution in [0.1, 0.15) is 17.7 Å². The number of anilines is 1. The Bertz CT molecular complexity index is 1240. The molecule has 2 aliphatic heterocycles. The molecule has 0 aliphatic carbocycles. The third-order valence-electron chi connectivity index (χ3n) is 4.98. The number of aromatic nitrogens is 3. The lowest BCUT2D eigenvalue weighted by Crippen LogP contribution is -2.26. The number of halogens is 1. The van der Waals surface area contributed by atoms with Crippen molar-refractivity contribution in [2.75, 3.05) is 23.0 Å². The largest absolute Gasteiger partial charge is 0.442 e. The summed E-state index contributed by atoms with van der Waals surface area (Å²) in [5, 5.41) is 7.87. The van der Waals surface area contributed by atoms with E-state index in [0.717, 1.165) is 0 Å². The molecule has 31 heavy (non-hydrogen) atoms. The summed E-state index contributed by atoms with van der Waals surface area (Å²) in [5.74, 6) is 4.85. The van der Waals surface area contributed by atoms with Gasteiger partial charge in [0.25, 0.3) is 0 Å². The van der Waals surface area contributed by atoms with Crippen molar-refractivity contribution in [3.63, 3.8) is 0 Å². The Labute approximate surface area is 178 Å². The number of nitrogens with zero attached hydrogens (tertiary/aromatic N) is 4. The van der Waals surface area contributed by atoms with E-state index >= 15 is 0 Å². The van der Waals surface area contributed by atoms with E-state index in [2.05, 4.69) is 28.7 Å². The molecule has 1 saturated heterocycles. The van der Waals surface area contributed by atoms with Crippen molar-refractivity contribution in [1.82, 2.24) is 15.0 Å². The van der Waals surface area contributed by atoms with E-state index in [-0.39, 0.29) is 31.0 Å². The van der Waals surface area contributed by atoms with Gasteiger partial charge in [0.2, 0.25) is 0 Å². The second kappa shape index (κ2) is 8.35. The number of allylic oxidation sites excluding steroid dienone is 2. The SMILES string of the molecule is C=CC#Cc1cn(CC2CN(c3ccc(C4=CCS(=O)(=O)CC4)c(F)c3)C(=O)O2)nn1. The number of cyclic esters (lactones) is 1. The van der Waals surface area contributed by atoms with Gasteiger partial charge in [0.1, 0.15) is 11.9 Å². The monoisotopic (exact) mass is 442 g/mol. The molecule has 0 radical (unpaired) electrons. The fourth-order valence-corrected chi connectivity index (χ4v) is 4.61. The average Bonchev–Trinajstić information content (AvgIpc) is 3.33. The highest BCUT2D eigenvalue weighted by Crippen LogP contribution is 2.30. The first-order chi connectivity index (χ1) is 14.8. The van der Waals surface area contributed by atoms with Gasteiger partial charge in [-0.15, -0.1) is 5.10 Å². The number of sulfone groups is 1. The minimum atomic E-state index is -3.09. The zero-order chi connectivity index (χ0) is 22.0. The summed E-state index contributed by atoms with van der Waals surface area (Å²) in [4.78, 5) is 13.7. The summed E-state index contributed by atoms with van der Waals surface area (Å²) in [7, 11) is -3.09. The molecule has 1 amide bonds. The van der Waals surface area contributed by atoms with Crippen molar-refractivity contribution in [2.24, 2.45) is 0 Å². The predicted molar refractivity (Wildman–Crippen MR) is 112 cm³/mol. The highest BCUT2D eigenvalue weighted by molar-refractivity contribution is 7.91. The second-order valence-electron chi connectivity index (χ2n) is 7.17. The quantitative estimate of drug-likeness (QED) is 0.674. The van der Waals surface area contributed by atoms with Crippen LogP contribution in [-0.4, -0.2) is 53.7 Å². The number of amides is 1. The van der Waals surface area contributed by atoms with Gasteiger partial charge >= 0.3 is 6.09 Å². The molecule has 3 heterocycles. The minimum Gasteiger partial charge on any atom is -0.442 e. The van der Waals surface area contributed by atoms with Crippen LogP contribution in [-0.2, 0) is 21.1 Å². The van der Waals surface area contributed by atoms with Gasteiger partial charge in [0, 0.05) is 5.56 Å². The van der Waals surface area contributed by atoms with E-state index in [1.54, 1.807) is 24.4 Å². The molecular formula is C21H19FN4O4S. The number of hydrogen-bond donors (Lipinski definition) is 0. The van der Waals surface area contributed by atoms with Crippen LogP contribution in [0.3, 0.4) is 0 Å². The van der Waals surface area contributed by atoms with Gasteiger partial charge in [0.05, 0.1) is 36.5 Å². The number of ether oxygens (including phenoxy) is 1. The van der Waals surface area contributed by atoms with E-state index in [0.29, 0.717) is 22.5 Å². The number of carbonyl (C=O) groups is 1. The van der Waals surface area contributed by atoms with E-state index in [1.165, 1.54) is 21.7 Å². The lowest BCUT2D eigenvalue weighted by Gasteiger charge is -2.17. The Hall–Kier alpha value is -3.45. The van der Waals surface area contributed by atoms with Gasteiger partial charge in [-0.2, -0.15) is 0 Å². The highest BCUT2D eigenvalue weighted by atomic mass is 32.2. The number of hydrogen-bond acceptors (Lipinski definition) is 6. The first-order valence-electron chi connectivity index (χ1n) is 9.55. The zero-order valence-corrected chi connectivity index (χ0v) is 17.3. The molecule has 1 atom stereocenters. The minimum absolute atomic E-state index is 0.00330. The molecule has 0 N–H and O–H groups in total. The first-order valence-corrected chi connectivity index (χ1v) is 11.4. The molecule has 2 aliphatic rings. The summed E-state index contributed by atoms with van der Waals surface area (Å²) in [6.45, 7) is 4.02. The van der Waals surface area contributed by atoms with Gasteiger partial charge in [-0.25, -0.2) is 22.3 Å². The van der Waals surface area contributed by atoms with E-state index in [9.17, 15) is 17.6 Å². The molecular weight excluding hydrogens is 423 g/mol. The lowest BCUT2D eigenvalue weighted by molar-refractivity contribution is 0.129. The fourth-order valence-electron chi connectivity index (χ4n) is 3.46. The number of carbonyl (C=O) groups excluding carboxylic acids is 1. The number of rotatable bonds is 4.